The minimum atomic E-state index is -3.57. The van der Waals surface area contributed by atoms with Crippen molar-refractivity contribution in [2.45, 2.75) is 30.8 Å². The van der Waals surface area contributed by atoms with Crippen LogP contribution >= 0.6 is 0 Å². The van der Waals surface area contributed by atoms with Crippen LogP contribution in [0.5, 0.6) is 0 Å². The van der Waals surface area contributed by atoms with Crippen LogP contribution in [0.15, 0.2) is 41.7 Å². The summed E-state index contributed by atoms with van der Waals surface area (Å²) in [6, 6.07) is 6.38. The van der Waals surface area contributed by atoms with Gasteiger partial charge >= 0.3 is 0 Å². The number of aromatic amines is 1. The molecule has 1 aromatic heterocycles. The van der Waals surface area contributed by atoms with Gasteiger partial charge in [-0.05, 0) is 24.1 Å². The van der Waals surface area contributed by atoms with Crippen LogP contribution in [-0.2, 0) is 16.4 Å². The predicted molar refractivity (Wildman–Crippen MR) is 79.2 cm³/mol. The summed E-state index contributed by atoms with van der Waals surface area (Å²) in [5.41, 5.74) is 1.47. The van der Waals surface area contributed by atoms with E-state index in [-0.39, 0.29) is 11.4 Å². The third-order valence-corrected chi connectivity index (χ3v) is 4.64. The lowest BCUT2D eigenvalue weighted by atomic mass is 10.1. The fourth-order valence-electron chi connectivity index (χ4n) is 1.95. The van der Waals surface area contributed by atoms with Gasteiger partial charge in [-0.3, -0.25) is 0 Å². The Morgan fingerprint density at radius 1 is 1.43 bits per heavy atom. The normalized spacial score (nSPS) is 13.2. The van der Waals surface area contributed by atoms with Gasteiger partial charge in [-0.2, -0.15) is 0 Å². The molecule has 2 rings (SSSR count). The van der Waals surface area contributed by atoms with E-state index in [1.54, 1.807) is 24.7 Å². The lowest BCUT2D eigenvalue weighted by Gasteiger charge is -2.11. The molecule has 0 saturated carbocycles. The van der Waals surface area contributed by atoms with E-state index in [0.29, 0.717) is 18.4 Å². The van der Waals surface area contributed by atoms with Crippen molar-refractivity contribution in [3.05, 3.63) is 48.0 Å². The van der Waals surface area contributed by atoms with Crippen molar-refractivity contribution >= 4 is 10.0 Å². The fourth-order valence-corrected chi connectivity index (χ4v) is 3.04. The fraction of sp³-hybridized carbons (Fsp3) is 0.357. The molecule has 114 valence electrons. The molecule has 3 N–H and O–H groups in total. The monoisotopic (exact) mass is 309 g/mol. The van der Waals surface area contributed by atoms with Gasteiger partial charge in [0, 0.05) is 24.9 Å². The highest BCUT2D eigenvalue weighted by molar-refractivity contribution is 7.89. The number of hydrogen-bond acceptors (Lipinski definition) is 4. The Kier molecular flexibility index (Phi) is 5.11. The number of aromatic nitrogens is 2. The van der Waals surface area contributed by atoms with Gasteiger partial charge in [0.1, 0.15) is 0 Å². The predicted octanol–water partition coefficient (Wildman–Crippen LogP) is 1.37. The molecular weight excluding hydrogens is 290 g/mol. The second-order valence-electron chi connectivity index (χ2n) is 4.72. The second-order valence-corrected chi connectivity index (χ2v) is 6.49. The molecule has 0 aliphatic rings. The highest BCUT2D eigenvalue weighted by Gasteiger charge is 2.15. The molecule has 1 unspecified atom stereocenters. The summed E-state index contributed by atoms with van der Waals surface area (Å²) < 4.78 is 27.0. The van der Waals surface area contributed by atoms with Crippen LogP contribution in [0.3, 0.4) is 0 Å². The smallest absolute Gasteiger partial charge is 0.240 e. The molecule has 6 nitrogen and oxygen atoms in total. The minimum absolute atomic E-state index is 0.164. The molecule has 0 saturated heterocycles. The van der Waals surface area contributed by atoms with E-state index in [4.69, 9.17) is 0 Å². The molecule has 7 heteroatoms. The number of nitrogens with zero attached hydrogens (tertiary/aromatic N) is 1. The van der Waals surface area contributed by atoms with Gasteiger partial charge in [0.05, 0.1) is 17.3 Å². The van der Waals surface area contributed by atoms with Crippen LogP contribution in [0, 0.1) is 0 Å². The number of aliphatic hydroxyl groups is 1. The first-order valence-electron chi connectivity index (χ1n) is 6.78. The SMILES string of the molecule is CCC(O)c1cccc(S(=O)(=O)NCCc2cnc[nH]2)c1. The summed E-state index contributed by atoms with van der Waals surface area (Å²) in [6.45, 7) is 2.12. The van der Waals surface area contributed by atoms with Crippen molar-refractivity contribution in [3.63, 3.8) is 0 Å². The molecular formula is C14H19N3O3S. The molecule has 0 bridgehead atoms. The summed E-state index contributed by atoms with van der Waals surface area (Å²) in [4.78, 5) is 6.96. The van der Waals surface area contributed by atoms with Crippen LogP contribution in [0.2, 0.25) is 0 Å². The Morgan fingerprint density at radius 3 is 2.90 bits per heavy atom. The third kappa shape index (κ3) is 4.13. The van der Waals surface area contributed by atoms with Crippen LogP contribution in [0.1, 0.15) is 30.7 Å². The minimum Gasteiger partial charge on any atom is -0.388 e. The summed E-state index contributed by atoms with van der Waals surface area (Å²) in [5.74, 6) is 0. The number of aliphatic hydroxyl groups excluding tert-OH is 1. The number of hydrogen-bond donors (Lipinski definition) is 3. The van der Waals surface area contributed by atoms with Crippen molar-refractivity contribution in [1.82, 2.24) is 14.7 Å². The molecule has 0 radical (unpaired) electrons. The Labute approximate surface area is 124 Å². The van der Waals surface area contributed by atoms with Crippen molar-refractivity contribution in [3.8, 4) is 0 Å². The van der Waals surface area contributed by atoms with E-state index < -0.39 is 16.1 Å². The summed E-state index contributed by atoms with van der Waals surface area (Å²) >= 11 is 0. The Morgan fingerprint density at radius 2 is 2.24 bits per heavy atom. The van der Waals surface area contributed by atoms with Crippen molar-refractivity contribution in [1.29, 1.82) is 0 Å². The lowest BCUT2D eigenvalue weighted by molar-refractivity contribution is 0.173. The van der Waals surface area contributed by atoms with E-state index in [9.17, 15) is 13.5 Å². The van der Waals surface area contributed by atoms with Gasteiger partial charge in [0.15, 0.2) is 0 Å². The van der Waals surface area contributed by atoms with Crippen molar-refractivity contribution < 1.29 is 13.5 Å². The van der Waals surface area contributed by atoms with Crippen LogP contribution < -0.4 is 4.72 Å². The highest BCUT2D eigenvalue weighted by atomic mass is 32.2. The van der Waals surface area contributed by atoms with Gasteiger partial charge < -0.3 is 10.1 Å². The van der Waals surface area contributed by atoms with Crippen molar-refractivity contribution in [2.75, 3.05) is 6.54 Å². The van der Waals surface area contributed by atoms with Crippen molar-refractivity contribution in [2.24, 2.45) is 0 Å². The first-order chi connectivity index (χ1) is 10.0. The molecule has 0 aliphatic heterocycles. The van der Waals surface area contributed by atoms with E-state index in [1.165, 1.54) is 12.1 Å². The molecule has 0 fully saturated rings. The van der Waals surface area contributed by atoms with Gasteiger partial charge in [-0.25, -0.2) is 18.1 Å². The van der Waals surface area contributed by atoms with Gasteiger partial charge in [0.25, 0.3) is 0 Å². The quantitative estimate of drug-likeness (QED) is 0.720. The van der Waals surface area contributed by atoms with E-state index in [2.05, 4.69) is 14.7 Å². The zero-order chi connectivity index (χ0) is 15.3. The molecule has 0 spiro atoms. The maximum absolute atomic E-state index is 12.2. The van der Waals surface area contributed by atoms with E-state index >= 15 is 0 Å². The Balaban J connectivity index is 2.05. The maximum Gasteiger partial charge on any atom is 0.240 e. The molecule has 21 heavy (non-hydrogen) atoms. The molecule has 0 amide bonds. The second kappa shape index (κ2) is 6.84. The first-order valence-corrected chi connectivity index (χ1v) is 8.26. The number of sulfonamides is 1. The van der Waals surface area contributed by atoms with Gasteiger partial charge in [-0.1, -0.05) is 19.1 Å². The Hall–Kier alpha value is -1.70. The zero-order valence-corrected chi connectivity index (χ0v) is 12.6. The molecule has 0 aliphatic carbocycles. The number of benzene rings is 1. The average molecular weight is 309 g/mol. The lowest BCUT2D eigenvalue weighted by Crippen LogP contribution is -2.26. The maximum atomic E-state index is 12.2. The highest BCUT2D eigenvalue weighted by Crippen LogP contribution is 2.19. The van der Waals surface area contributed by atoms with Crippen LogP contribution in [-0.4, -0.2) is 30.0 Å². The number of nitrogens with one attached hydrogen (secondary N) is 2. The molecule has 1 atom stereocenters. The summed E-state index contributed by atoms with van der Waals surface area (Å²) in [6.07, 6.45) is 3.64. The summed E-state index contributed by atoms with van der Waals surface area (Å²) in [7, 11) is -3.57. The van der Waals surface area contributed by atoms with Crippen LogP contribution in [0.4, 0.5) is 0 Å². The average Bonchev–Trinajstić information content (AvgIpc) is 2.99. The molecule has 1 heterocycles. The Bertz CT molecular complexity index is 669. The number of rotatable bonds is 7. The molecule has 1 aromatic carbocycles. The molecule has 2 aromatic rings. The number of imidazole rings is 1. The van der Waals surface area contributed by atoms with Gasteiger partial charge in [0.2, 0.25) is 10.0 Å². The summed E-state index contributed by atoms with van der Waals surface area (Å²) in [5, 5.41) is 9.79. The first kappa shape index (κ1) is 15.7. The standard InChI is InChI=1S/C14H19N3O3S/c1-2-14(18)11-4-3-5-13(8-11)21(19,20)17-7-6-12-9-15-10-16-12/h3-5,8-10,14,17-18H,2,6-7H2,1H3,(H,15,16). The largest absolute Gasteiger partial charge is 0.388 e. The topological polar surface area (TPSA) is 95.1 Å². The number of H-pyrrole nitrogens is 1. The van der Waals surface area contributed by atoms with Gasteiger partial charge in [-0.15, -0.1) is 0 Å². The van der Waals surface area contributed by atoms with E-state index in [0.717, 1.165) is 5.69 Å². The third-order valence-electron chi connectivity index (χ3n) is 3.18. The van der Waals surface area contributed by atoms with E-state index in [1.807, 2.05) is 6.92 Å². The zero-order valence-electron chi connectivity index (χ0n) is 11.8. The van der Waals surface area contributed by atoms with Crippen LogP contribution in [0.25, 0.3) is 0 Å².